The molecule has 3 fully saturated rings. The standard InChI is InChI=1S/C21H37IO/c1-12-6-8-17-18(10-12)21(4,5)14(3)19(20(17)23)16-9-7-15(22)11-13(16)2/h12-20,23H,6-11H2,1-5H3/t12-,13+,14?,15?,16?,17?,18-,19?,20?/m0/s1. The summed E-state index contributed by atoms with van der Waals surface area (Å²) >= 11 is 2.64. The van der Waals surface area contributed by atoms with E-state index >= 15 is 0 Å². The van der Waals surface area contributed by atoms with Crippen LogP contribution in [0.2, 0.25) is 0 Å². The molecule has 0 bridgehead atoms. The summed E-state index contributed by atoms with van der Waals surface area (Å²) in [5, 5.41) is 11.4. The van der Waals surface area contributed by atoms with Crippen LogP contribution in [0.25, 0.3) is 0 Å². The summed E-state index contributed by atoms with van der Waals surface area (Å²) in [4.78, 5) is 0. The molecule has 0 spiro atoms. The van der Waals surface area contributed by atoms with Gasteiger partial charge in [0.05, 0.1) is 6.10 Å². The number of alkyl halides is 1. The van der Waals surface area contributed by atoms with Gasteiger partial charge in [-0.3, -0.25) is 0 Å². The van der Waals surface area contributed by atoms with E-state index in [1.165, 1.54) is 38.5 Å². The van der Waals surface area contributed by atoms with Crippen LogP contribution in [0.15, 0.2) is 0 Å². The average molecular weight is 432 g/mol. The van der Waals surface area contributed by atoms with E-state index in [-0.39, 0.29) is 6.10 Å². The third-order valence-corrected chi connectivity index (χ3v) is 9.50. The van der Waals surface area contributed by atoms with Crippen molar-refractivity contribution in [1.82, 2.24) is 0 Å². The first-order valence-electron chi connectivity index (χ1n) is 10.1. The smallest absolute Gasteiger partial charge is 0.0604 e. The topological polar surface area (TPSA) is 20.2 Å². The van der Waals surface area contributed by atoms with E-state index in [1.807, 2.05) is 0 Å². The van der Waals surface area contributed by atoms with E-state index in [0.717, 1.165) is 27.6 Å². The molecular weight excluding hydrogens is 395 g/mol. The summed E-state index contributed by atoms with van der Waals surface area (Å²) in [6.07, 6.45) is 7.92. The molecule has 0 aliphatic heterocycles. The van der Waals surface area contributed by atoms with Gasteiger partial charge in [0.2, 0.25) is 0 Å². The molecule has 0 radical (unpaired) electrons. The van der Waals surface area contributed by atoms with E-state index in [2.05, 4.69) is 57.2 Å². The van der Waals surface area contributed by atoms with Gasteiger partial charge in [0.15, 0.2) is 0 Å². The molecule has 1 nitrogen and oxygen atoms in total. The third kappa shape index (κ3) is 3.25. The van der Waals surface area contributed by atoms with Crippen LogP contribution in [0, 0.1) is 46.8 Å². The van der Waals surface area contributed by atoms with Crippen LogP contribution in [0.4, 0.5) is 0 Å². The van der Waals surface area contributed by atoms with Crippen molar-refractivity contribution in [3.63, 3.8) is 0 Å². The summed E-state index contributed by atoms with van der Waals surface area (Å²) in [5.74, 6) is 4.82. The molecular formula is C21H37IO. The fourth-order valence-corrected chi connectivity index (χ4v) is 7.79. The fraction of sp³-hybridized carbons (Fsp3) is 1.00. The highest BCUT2D eigenvalue weighted by molar-refractivity contribution is 14.1. The Morgan fingerprint density at radius 2 is 1.57 bits per heavy atom. The van der Waals surface area contributed by atoms with Crippen molar-refractivity contribution in [1.29, 1.82) is 0 Å². The maximum atomic E-state index is 11.4. The van der Waals surface area contributed by atoms with Gasteiger partial charge in [0, 0.05) is 3.92 Å². The van der Waals surface area contributed by atoms with Crippen LogP contribution >= 0.6 is 22.6 Å². The lowest BCUT2D eigenvalue weighted by Gasteiger charge is -2.59. The minimum Gasteiger partial charge on any atom is -0.393 e. The van der Waals surface area contributed by atoms with Crippen LogP contribution in [0.3, 0.4) is 0 Å². The molecule has 0 amide bonds. The molecule has 3 aliphatic carbocycles. The number of hydrogen-bond donors (Lipinski definition) is 1. The quantitative estimate of drug-likeness (QED) is 0.402. The minimum absolute atomic E-state index is 0.0475. The number of aliphatic hydroxyl groups is 1. The number of hydrogen-bond acceptors (Lipinski definition) is 1. The zero-order chi connectivity index (χ0) is 16.9. The fourth-order valence-electron chi connectivity index (χ4n) is 6.63. The highest BCUT2D eigenvalue weighted by Gasteiger charge is 2.55. The molecule has 9 atom stereocenters. The zero-order valence-electron chi connectivity index (χ0n) is 15.8. The van der Waals surface area contributed by atoms with Gasteiger partial charge in [-0.2, -0.15) is 0 Å². The number of aliphatic hydroxyl groups excluding tert-OH is 1. The van der Waals surface area contributed by atoms with Gasteiger partial charge in [-0.25, -0.2) is 0 Å². The van der Waals surface area contributed by atoms with Gasteiger partial charge in [0.25, 0.3) is 0 Å². The monoisotopic (exact) mass is 432 g/mol. The molecule has 3 aliphatic rings. The zero-order valence-corrected chi connectivity index (χ0v) is 17.9. The Bertz CT molecular complexity index is 420. The molecule has 6 unspecified atom stereocenters. The molecule has 3 saturated carbocycles. The first kappa shape index (κ1) is 18.5. The first-order valence-corrected chi connectivity index (χ1v) is 11.3. The van der Waals surface area contributed by atoms with Gasteiger partial charge in [0.1, 0.15) is 0 Å². The van der Waals surface area contributed by atoms with Gasteiger partial charge >= 0.3 is 0 Å². The predicted molar refractivity (Wildman–Crippen MR) is 107 cm³/mol. The van der Waals surface area contributed by atoms with Crippen LogP contribution in [0.5, 0.6) is 0 Å². The molecule has 0 aromatic rings. The normalized spacial score (nSPS) is 53.6. The van der Waals surface area contributed by atoms with Crippen molar-refractivity contribution in [2.24, 2.45) is 46.8 Å². The molecule has 0 saturated heterocycles. The van der Waals surface area contributed by atoms with Crippen LogP contribution in [-0.2, 0) is 0 Å². The lowest BCUT2D eigenvalue weighted by atomic mass is 9.47. The largest absolute Gasteiger partial charge is 0.393 e. The molecule has 3 rings (SSSR count). The number of fused-ring (bicyclic) bond motifs is 1. The molecule has 2 heteroatoms. The Labute approximate surface area is 157 Å². The summed E-state index contributed by atoms with van der Waals surface area (Å²) in [5.41, 5.74) is 0.379. The summed E-state index contributed by atoms with van der Waals surface area (Å²) < 4.78 is 0.853. The second-order valence-corrected chi connectivity index (χ2v) is 11.7. The van der Waals surface area contributed by atoms with E-state index in [9.17, 15) is 5.11 Å². The van der Waals surface area contributed by atoms with Crippen LogP contribution in [-0.4, -0.2) is 15.1 Å². The Balaban J connectivity index is 1.86. The Kier molecular flexibility index (Phi) is 5.44. The van der Waals surface area contributed by atoms with Gasteiger partial charge in [-0.05, 0) is 78.9 Å². The minimum atomic E-state index is -0.0475. The molecule has 134 valence electrons. The second kappa shape index (κ2) is 6.78. The lowest BCUT2D eigenvalue weighted by Crippen LogP contribution is -2.57. The van der Waals surface area contributed by atoms with Crippen molar-refractivity contribution in [2.45, 2.75) is 83.2 Å². The third-order valence-electron chi connectivity index (χ3n) is 8.37. The summed E-state index contributed by atoms with van der Waals surface area (Å²) in [6, 6.07) is 0. The van der Waals surface area contributed by atoms with E-state index < -0.39 is 0 Å². The van der Waals surface area contributed by atoms with Crippen molar-refractivity contribution in [3.8, 4) is 0 Å². The lowest BCUT2D eigenvalue weighted by molar-refractivity contribution is -0.157. The number of rotatable bonds is 1. The van der Waals surface area contributed by atoms with E-state index in [4.69, 9.17) is 0 Å². The highest BCUT2D eigenvalue weighted by atomic mass is 127. The van der Waals surface area contributed by atoms with Gasteiger partial charge < -0.3 is 5.11 Å². The van der Waals surface area contributed by atoms with Crippen molar-refractivity contribution < 1.29 is 5.11 Å². The van der Waals surface area contributed by atoms with Crippen LogP contribution < -0.4 is 0 Å². The molecule has 1 N–H and O–H groups in total. The Hall–Kier alpha value is 0.690. The van der Waals surface area contributed by atoms with E-state index in [1.54, 1.807) is 0 Å². The summed E-state index contributed by atoms with van der Waals surface area (Å²) in [7, 11) is 0. The molecule has 0 heterocycles. The van der Waals surface area contributed by atoms with Crippen molar-refractivity contribution >= 4 is 22.6 Å². The van der Waals surface area contributed by atoms with Gasteiger partial charge in [-0.15, -0.1) is 0 Å². The number of halogens is 1. The SMILES string of the molecule is CC1C(C2CCC(I)C[C@H]2C)C(O)C2CC[C@H](C)C[C@@H]2C1(C)C. The van der Waals surface area contributed by atoms with Crippen molar-refractivity contribution in [3.05, 3.63) is 0 Å². The molecule has 0 aromatic carbocycles. The highest BCUT2D eigenvalue weighted by Crippen LogP contribution is 2.59. The summed E-state index contributed by atoms with van der Waals surface area (Å²) in [6.45, 7) is 12.4. The first-order chi connectivity index (χ1) is 10.7. The molecule has 23 heavy (non-hydrogen) atoms. The molecule has 0 aromatic heterocycles. The second-order valence-electron chi connectivity index (χ2n) is 9.92. The van der Waals surface area contributed by atoms with E-state index in [0.29, 0.717) is 23.2 Å². The predicted octanol–water partition coefficient (Wildman–Crippen LogP) is 5.93. The average Bonchev–Trinajstić information content (AvgIpc) is 2.48. The van der Waals surface area contributed by atoms with Crippen LogP contribution in [0.1, 0.15) is 73.1 Å². The Morgan fingerprint density at radius 3 is 2.22 bits per heavy atom. The maximum Gasteiger partial charge on any atom is 0.0604 e. The van der Waals surface area contributed by atoms with Gasteiger partial charge in [-0.1, -0.05) is 63.6 Å². The maximum absolute atomic E-state index is 11.4. The van der Waals surface area contributed by atoms with Crippen molar-refractivity contribution in [2.75, 3.05) is 0 Å². The Morgan fingerprint density at radius 1 is 0.913 bits per heavy atom.